The largest absolute Gasteiger partial charge is 0.461 e. The quantitative estimate of drug-likeness (QED) is 0.528. The van der Waals surface area contributed by atoms with Crippen molar-refractivity contribution in [2.45, 2.75) is 64.3 Å². The second kappa shape index (κ2) is 11.4. The number of likely N-dealkylation sites (N-methyl/N-ethyl adjacent to an activating group) is 1. The monoisotopic (exact) mass is 393 g/mol. The Morgan fingerprint density at radius 2 is 2.07 bits per heavy atom. The van der Waals surface area contributed by atoms with Crippen LogP contribution in [0.1, 0.15) is 46.0 Å². The van der Waals surface area contributed by atoms with Crippen molar-refractivity contribution >= 4 is 11.9 Å². The molecule has 5 atom stereocenters. The molecule has 1 saturated carbocycles. The van der Waals surface area contributed by atoms with Crippen LogP contribution in [-0.4, -0.2) is 62.4 Å². The molecule has 6 nitrogen and oxygen atoms in total. The van der Waals surface area contributed by atoms with Gasteiger partial charge in [-0.25, -0.2) is 4.79 Å². The Morgan fingerprint density at radius 3 is 2.79 bits per heavy atom. The summed E-state index contributed by atoms with van der Waals surface area (Å²) >= 11 is 0. The maximum Gasteiger partial charge on any atom is 0.330 e. The summed E-state index contributed by atoms with van der Waals surface area (Å²) < 4.78 is 17.1. The van der Waals surface area contributed by atoms with E-state index >= 15 is 0 Å². The lowest BCUT2D eigenvalue weighted by Crippen LogP contribution is -2.28. The first-order chi connectivity index (χ1) is 13.4. The van der Waals surface area contributed by atoms with Gasteiger partial charge in [0.2, 0.25) is 0 Å². The van der Waals surface area contributed by atoms with Gasteiger partial charge in [-0.3, -0.25) is 9.69 Å². The molecule has 0 aromatic rings. The van der Waals surface area contributed by atoms with Crippen molar-refractivity contribution in [1.82, 2.24) is 4.90 Å². The zero-order valence-electron chi connectivity index (χ0n) is 17.6. The molecule has 0 unspecified atom stereocenters. The number of carbonyl (C=O) groups excluding carboxylic acids is 2. The Hall–Kier alpha value is -1.66. The minimum Gasteiger partial charge on any atom is -0.461 e. The third kappa shape index (κ3) is 7.40. The molecule has 1 fully saturated rings. The third-order valence-electron chi connectivity index (χ3n) is 5.25. The van der Waals surface area contributed by atoms with Gasteiger partial charge in [0, 0.05) is 12.7 Å². The number of allylic oxidation sites excluding steroid dienone is 2. The number of cyclic esters (lactones) is 1. The van der Waals surface area contributed by atoms with Crippen LogP contribution in [-0.2, 0) is 23.8 Å². The zero-order valence-corrected chi connectivity index (χ0v) is 17.6. The molecule has 1 heterocycles. The lowest BCUT2D eigenvalue weighted by molar-refractivity contribution is -0.149. The molecule has 0 aromatic heterocycles. The van der Waals surface area contributed by atoms with Crippen LogP contribution in [0.2, 0.25) is 0 Å². The van der Waals surface area contributed by atoms with E-state index in [1.807, 2.05) is 38.9 Å². The normalized spacial score (nSPS) is 33.8. The van der Waals surface area contributed by atoms with E-state index in [0.717, 1.165) is 32.1 Å². The first-order valence-electron chi connectivity index (χ1n) is 10.4. The highest BCUT2D eigenvalue weighted by Gasteiger charge is 2.39. The molecule has 2 rings (SSSR count). The zero-order chi connectivity index (χ0) is 20.5. The van der Waals surface area contributed by atoms with E-state index in [-0.39, 0.29) is 48.6 Å². The molecular weight excluding hydrogens is 358 g/mol. The van der Waals surface area contributed by atoms with E-state index < -0.39 is 0 Å². The van der Waals surface area contributed by atoms with Crippen LogP contribution >= 0.6 is 0 Å². The number of hydrogen-bond acceptors (Lipinski definition) is 6. The number of carbonyl (C=O) groups is 2. The van der Waals surface area contributed by atoms with Crippen molar-refractivity contribution in [2.75, 3.05) is 27.2 Å². The highest BCUT2D eigenvalue weighted by molar-refractivity contribution is 5.82. The van der Waals surface area contributed by atoms with Gasteiger partial charge < -0.3 is 14.2 Å². The summed E-state index contributed by atoms with van der Waals surface area (Å²) in [6.45, 7) is 4.71. The van der Waals surface area contributed by atoms with Crippen molar-refractivity contribution in [3.05, 3.63) is 24.3 Å². The smallest absolute Gasteiger partial charge is 0.330 e. The first kappa shape index (κ1) is 22.6. The maximum atomic E-state index is 12.1. The van der Waals surface area contributed by atoms with Gasteiger partial charge in [0.05, 0.1) is 18.8 Å². The lowest BCUT2D eigenvalue weighted by atomic mass is 9.89. The highest BCUT2D eigenvalue weighted by Crippen LogP contribution is 2.39. The van der Waals surface area contributed by atoms with Gasteiger partial charge in [-0.15, -0.1) is 0 Å². The SMILES string of the molecule is CCO[C@@H]1/C=C/C(=O)O[C@@H](C)CCC/C=C/[C@@H]2C[C@H](OC(=O)CN(C)C)C[C@H]21. The first-order valence-corrected chi connectivity index (χ1v) is 10.4. The van der Waals surface area contributed by atoms with Crippen LogP contribution in [0.3, 0.4) is 0 Å². The van der Waals surface area contributed by atoms with Crippen molar-refractivity contribution < 1.29 is 23.8 Å². The second-order valence-corrected chi connectivity index (χ2v) is 8.03. The average Bonchev–Trinajstić information content (AvgIpc) is 2.99. The number of esters is 2. The molecule has 0 N–H and O–H groups in total. The molecule has 28 heavy (non-hydrogen) atoms. The number of ether oxygens (including phenoxy) is 3. The van der Waals surface area contributed by atoms with Crippen LogP contribution in [0.5, 0.6) is 0 Å². The summed E-state index contributed by atoms with van der Waals surface area (Å²) in [7, 11) is 3.70. The fourth-order valence-corrected chi connectivity index (χ4v) is 4.01. The Labute approximate surface area is 168 Å². The average molecular weight is 394 g/mol. The molecule has 0 amide bonds. The Kier molecular flexibility index (Phi) is 9.19. The van der Waals surface area contributed by atoms with E-state index in [1.54, 1.807) is 0 Å². The molecule has 6 heteroatoms. The number of rotatable bonds is 5. The molecule has 158 valence electrons. The molecule has 0 aromatic carbocycles. The van der Waals surface area contributed by atoms with Gasteiger partial charge in [0.25, 0.3) is 0 Å². The standard InChI is InChI=1S/C22H35NO5/c1-5-26-20-11-12-21(24)27-16(2)9-7-6-8-10-17-13-18(14-19(17)20)28-22(25)15-23(3)4/h8,10-12,16-20H,5-7,9,13-15H2,1-4H3/b10-8+,12-11+/t16-,17+,18-,19+,20+/m0/s1. The van der Waals surface area contributed by atoms with Gasteiger partial charge in [-0.1, -0.05) is 12.2 Å². The number of nitrogens with zero attached hydrogens (tertiary/aromatic N) is 1. The molecule has 0 spiro atoms. The van der Waals surface area contributed by atoms with Crippen molar-refractivity contribution in [2.24, 2.45) is 11.8 Å². The molecule has 1 aliphatic carbocycles. The predicted molar refractivity (Wildman–Crippen MR) is 108 cm³/mol. The summed E-state index contributed by atoms with van der Waals surface area (Å²) in [5.74, 6) is -0.107. The van der Waals surface area contributed by atoms with Crippen LogP contribution in [0.25, 0.3) is 0 Å². The van der Waals surface area contributed by atoms with E-state index in [1.165, 1.54) is 6.08 Å². The van der Waals surface area contributed by atoms with E-state index in [0.29, 0.717) is 6.61 Å². The summed E-state index contributed by atoms with van der Waals surface area (Å²) in [5.41, 5.74) is 0. The fraction of sp³-hybridized carbons (Fsp3) is 0.727. The number of hydrogen-bond donors (Lipinski definition) is 0. The summed E-state index contributed by atoms with van der Waals surface area (Å²) in [6.07, 6.45) is 11.6. The fourth-order valence-electron chi connectivity index (χ4n) is 4.01. The van der Waals surface area contributed by atoms with Gasteiger partial charge in [0.1, 0.15) is 6.10 Å². The Morgan fingerprint density at radius 1 is 1.29 bits per heavy atom. The Balaban J connectivity index is 2.15. The number of fused-ring (bicyclic) bond motifs is 1. The molecule has 0 radical (unpaired) electrons. The van der Waals surface area contributed by atoms with Crippen molar-refractivity contribution in [1.29, 1.82) is 0 Å². The maximum absolute atomic E-state index is 12.1. The highest BCUT2D eigenvalue weighted by atomic mass is 16.5. The van der Waals surface area contributed by atoms with E-state index in [4.69, 9.17) is 14.2 Å². The summed E-state index contributed by atoms with van der Waals surface area (Å²) in [6, 6.07) is 0. The van der Waals surface area contributed by atoms with E-state index in [9.17, 15) is 9.59 Å². The third-order valence-corrected chi connectivity index (χ3v) is 5.25. The summed E-state index contributed by atoms with van der Waals surface area (Å²) in [4.78, 5) is 26.0. The van der Waals surface area contributed by atoms with E-state index in [2.05, 4.69) is 12.2 Å². The van der Waals surface area contributed by atoms with Gasteiger partial charge >= 0.3 is 11.9 Å². The van der Waals surface area contributed by atoms with Crippen LogP contribution in [0.4, 0.5) is 0 Å². The van der Waals surface area contributed by atoms with Crippen LogP contribution in [0.15, 0.2) is 24.3 Å². The molecular formula is C22H35NO5. The second-order valence-electron chi connectivity index (χ2n) is 8.03. The summed E-state index contributed by atoms with van der Waals surface area (Å²) in [5, 5.41) is 0. The minimum atomic E-state index is -0.326. The van der Waals surface area contributed by atoms with Crippen molar-refractivity contribution in [3.63, 3.8) is 0 Å². The van der Waals surface area contributed by atoms with Gasteiger partial charge in [0.15, 0.2) is 0 Å². The van der Waals surface area contributed by atoms with Crippen molar-refractivity contribution in [3.8, 4) is 0 Å². The Bertz CT molecular complexity index is 571. The minimum absolute atomic E-state index is 0.0863. The lowest BCUT2D eigenvalue weighted by Gasteiger charge is -2.24. The molecule has 1 aliphatic heterocycles. The molecule has 0 bridgehead atoms. The predicted octanol–water partition coefficient (Wildman–Crippen LogP) is 3.12. The molecule has 2 aliphatic rings. The molecule has 0 saturated heterocycles. The van der Waals surface area contributed by atoms with Gasteiger partial charge in [-0.2, -0.15) is 0 Å². The van der Waals surface area contributed by atoms with Crippen LogP contribution < -0.4 is 0 Å². The van der Waals surface area contributed by atoms with Crippen LogP contribution in [0, 0.1) is 11.8 Å². The topological polar surface area (TPSA) is 65.1 Å². The van der Waals surface area contributed by atoms with Gasteiger partial charge in [-0.05, 0) is 78.0 Å².